The van der Waals surface area contributed by atoms with E-state index in [0.717, 1.165) is 24.2 Å². The minimum atomic E-state index is -4.39. The number of carbonyl (C=O) groups is 1. The monoisotopic (exact) mass is 472 g/mol. The lowest BCUT2D eigenvalue weighted by atomic mass is 10.1. The van der Waals surface area contributed by atoms with E-state index in [0.29, 0.717) is 35.7 Å². The lowest BCUT2D eigenvalue weighted by Gasteiger charge is -2.13. The number of nitrogens with zero attached hydrogens (tertiary/aromatic N) is 1. The average molecular weight is 473 g/mol. The molecule has 0 bridgehead atoms. The molecule has 0 saturated heterocycles. The Hall–Kier alpha value is -3.39. The van der Waals surface area contributed by atoms with E-state index < -0.39 is 11.7 Å². The molecule has 0 aliphatic rings. The number of nitrogens with one attached hydrogen (secondary N) is 1. The van der Waals surface area contributed by atoms with E-state index >= 15 is 0 Å². The van der Waals surface area contributed by atoms with Gasteiger partial charge in [-0.2, -0.15) is 13.2 Å². The summed E-state index contributed by atoms with van der Waals surface area (Å²) < 4.78 is 49.3. The third kappa shape index (κ3) is 7.05. The van der Waals surface area contributed by atoms with Crippen LogP contribution in [-0.2, 0) is 17.3 Å². The summed E-state index contributed by atoms with van der Waals surface area (Å²) in [7, 11) is 0. The van der Waals surface area contributed by atoms with Crippen molar-refractivity contribution in [3.63, 3.8) is 0 Å². The molecule has 3 rings (SSSR count). The highest BCUT2D eigenvalue weighted by atomic mass is 19.4. The number of anilines is 1. The highest BCUT2D eigenvalue weighted by Gasteiger charge is 2.30. The Morgan fingerprint density at radius 1 is 1.00 bits per heavy atom. The number of amides is 1. The standard InChI is InChI=1S/C26H27F3N2O3/c1-4-15-33-17(2)16-21-9-14-24(18(3)30-21)25(32)31-20-7-12-23(13-8-20)34-22-10-5-19(6-11-22)26(27,28)29/h5-14,17H,4,15-16H2,1-3H3,(H,31,32). The molecule has 2 aromatic carbocycles. The topological polar surface area (TPSA) is 60.5 Å². The van der Waals surface area contributed by atoms with Gasteiger partial charge in [0.2, 0.25) is 0 Å². The smallest absolute Gasteiger partial charge is 0.416 e. The molecule has 8 heteroatoms. The highest BCUT2D eigenvalue weighted by Crippen LogP contribution is 2.31. The molecule has 0 fully saturated rings. The molecule has 0 saturated carbocycles. The first kappa shape index (κ1) is 25.2. The van der Waals surface area contributed by atoms with Crippen LogP contribution in [0.3, 0.4) is 0 Å². The van der Waals surface area contributed by atoms with Gasteiger partial charge in [0.1, 0.15) is 11.5 Å². The average Bonchev–Trinajstić information content (AvgIpc) is 2.79. The maximum atomic E-state index is 12.7. The van der Waals surface area contributed by atoms with Crippen molar-refractivity contribution in [1.29, 1.82) is 0 Å². The minimum absolute atomic E-state index is 0.0508. The van der Waals surface area contributed by atoms with Crippen molar-refractivity contribution in [2.45, 2.75) is 45.9 Å². The molecule has 5 nitrogen and oxygen atoms in total. The van der Waals surface area contributed by atoms with Crippen molar-refractivity contribution < 1.29 is 27.4 Å². The molecule has 180 valence electrons. The number of aryl methyl sites for hydroxylation is 1. The van der Waals surface area contributed by atoms with Crippen molar-refractivity contribution in [3.05, 3.63) is 83.2 Å². The summed E-state index contributed by atoms with van der Waals surface area (Å²) in [4.78, 5) is 17.2. The normalized spacial score (nSPS) is 12.3. The summed E-state index contributed by atoms with van der Waals surface area (Å²) in [6.07, 6.45) is -2.72. The predicted molar refractivity (Wildman–Crippen MR) is 124 cm³/mol. The number of aromatic nitrogens is 1. The number of hydrogen-bond acceptors (Lipinski definition) is 4. The van der Waals surface area contributed by atoms with E-state index in [1.165, 1.54) is 12.1 Å². The van der Waals surface area contributed by atoms with Crippen LogP contribution in [0.25, 0.3) is 0 Å². The van der Waals surface area contributed by atoms with Crippen molar-refractivity contribution >= 4 is 11.6 Å². The van der Waals surface area contributed by atoms with Gasteiger partial charge in [0.15, 0.2) is 0 Å². The maximum Gasteiger partial charge on any atom is 0.416 e. The van der Waals surface area contributed by atoms with Crippen LogP contribution >= 0.6 is 0 Å². The molecular weight excluding hydrogens is 445 g/mol. The zero-order chi connectivity index (χ0) is 24.7. The van der Waals surface area contributed by atoms with Crippen LogP contribution in [0.2, 0.25) is 0 Å². The Morgan fingerprint density at radius 3 is 2.18 bits per heavy atom. The Kier molecular flexibility index (Phi) is 8.28. The van der Waals surface area contributed by atoms with Gasteiger partial charge in [-0.15, -0.1) is 0 Å². The van der Waals surface area contributed by atoms with Gasteiger partial charge >= 0.3 is 6.18 Å². The van der Waals surface area contributed by atoms with Gasteiger partial charge in [-0.05, 0) is 80.9 Å². The van der Waals surface area contributed by atoms with Crippen LogP contribution in [0.1, 0.15) is 47.6 Å². The van der Waals surface area contributed by atoms with Crippen molar-refractivity contribution in [2.75, 3.05) is 11.9 Å². The van der Waals surface area contributed by atoms with E-state index in [1.54, 1.807) is 37.3 Å². The molecule has 1 N–H and O–H groups in total. The van der Waals surface area contributed by atoms with Crippen molar-refractivity contribution in [3.8, 4) is 11.5 Å². The Bertz CT molecular complexity index is 1100. The van der Waals surface area contributed by atoms with E-state index in [-0.39, 0.29) is 17.8 Å². The molecule has 1 unspecified atom stereocenters. The molecular formula is C26H27F3N2O3. The number of rotatable bonds is 9. The van der Waals surface area contributed by atoms with E-state index in [1.807, 2.05) is 13.0 Å². The van der Waals surface area contributed by atoms with Gasteiger partial charge in [-0.25, -0.2) is 0 Å². The van der Waals surface area contributed by atoms with Crippen LogP contribution < -0.4 is 10.1 Å². The third-order valence-electron chi connectivity index (χ3n) is 5.02. The first-order valence-electron chi connectivity index (χ1n) is 11.0. The number of ether oxygens (including phenoxy) is 2. The number of alkyl halides is 3. The van der Waals surface area contributed by atoms with Gasteiger partial charge in [-0.3, -0.25) is 9.78 Å². The lowest BCUT2D eigenvalue weighted by Crippen LogP contribution is -2.16. The second-order valence-electron chi connectivity index (χ2n) is 7.92. The van der Waals surface area contributed by atoms with Crippen molar-refractivity contribution in [2.24, 2.45) is 0 Å². The fraction of sp³-hybridized carbons (Fsp3) is 0.308. The fourth-order valence-corrected chi connectivity index (χ4v) is 3.29. The number of benzene rings is 2. The lowest BCUT2D eigenvalue weighted by molar-refractivity contribution is -0.137. The van der Waals surface area contributed by atoms with E-state index in [4.69, 9.17) is 9.47 Å². The molecule has 1 aromatic heterocycles. The summed E-state index contributed by atoms with van der Waals surface area (Å²) in [6, 6.07) is 14.6. The van der Waals surface area contributed by atoms with Crippen LogP contribution in [-0.4, -0.2) is 23.6 Å². The quantitative estimate of drug-likeness (QED) is 0.372. The largest absolute Gasteiger partial charge is 0.457 e. The van der Waals surface area contributed by atoms with Crippen LogP contribution in [0.15, 0.2) is 60.7 Å². The van der Waals surface area contributed by atoms with Gasteiger partial charge in [0.25, 0.3) is 5.91 Å². The molecule has 0 aliphatic carbocycles. The second-order valence-corrected chi connectivity index (χ2v) is 7.92. The molecule has 34 heavy (non-hydrogen) atoms. The van der Waals surface area contributed by atoms with Gasteiger partial charge in [0, 0.05) is 24.4 Å². The Balaban J connectivity index is 1.59. The predicted octanol–water partition coefficient (Wildman–Crippen LogP) is 6.81. The number of pyridine rings is 1. The van der Waals surface area contributed by atoms with Crippen molar-refractivity contribution in [1.82, 2.24) is 4.98 Å². The van der Waals surface area contributed by atoms with Crippen LogP contribution in [0, 0.1) is 6.92 Å². The molecule has 1 heterocycles. The molecule has 0 aliphatic heterocycles. The summed E-state index contributed by atoms with van der Waals surface area (Å²) in [5.41, 5.74) is 1.77. The van der Waals surface area contributed by atoms with Gasteiger partial charge < -0.3 is 14.8 Å². The zero-order valence-corrected chi connectivity index (χ0v) is 19.3. The van der Waals surface area contributed by atoms with E-state index in [2.05, 4.69) is 17.2 Å². The van der Waals surface area contributed by atoms with Gasteiger partial charge in [0.05, 0.1) is 22.9 Å². The summed E-state index contributed by atoms with van der Waals surface area (Å²) in [5, 5.41) is 2.82. The zero-order valence-electron chi connectivity index (χ0n) is 19.3. The molecule has 0 radical (unpaired) electrons. The van der Waals surface area contributed by atoms with Crippen LogP contribution in [0.4, 0.5) is 18.9 Å². The molecule has 0 spiro atoms. The summed E-state index contributed by atoms with van der Waals surface area (Å²) in [6.45, 7) is 6.55. The Labute approximate surface area is 196 Å². The SMILES string of the molecule is CCCOC(C)Cc1ccc(C(=O)Nc2ccc(Oc3ccc(C(F)(F)F)cc3)cc2)c(C)n1. The minimum Gasteiger partial charge on any atom is -0.457 e. The van der Waals surface area contributed by atoms with E-state index in [9.17, 15) is 18.0 Å². The first-order valence-corrected chi connectivity index (χ1v) is 11.0. The second kappa shape index (κ2) is 11.2. The number of halogens is 3. The highest BCUT2D eigenvalue weighted by molar-refractivity contribution is 6.05. The molecule has 3 aromatic rings. The summed E-state index contributed by atoms with van der Waals surface area (Å²) >= 11 is 0. The Morgan fingerprint density at radius 2 is 1.62 bits per heavy atom. The first-order chi connectivity index (χ1) is 16.2. The fourth-order valence-electron chi connectivity index (χ4n) is 3.29. The molecule has 1 amide bonds. The number of hydrogen-bond donors (Lipinski definition) is 1. The third-order valence-corrected chi connectivity index (χ3v) is 5.02. The summed E-state index contributed by atoms with van der Waals surface area (Å²) in [5.74, 6) is 0.420. The van der Waals surface area contributed by atoms with Crippen LogP contribution in [0.5, 0.6) is 11.5 Å². The molecule has 1 atom stereocenters. The maximum absolute atomic E-state index is 12.7. The number of carbonyl (C=O) groups excluding carboxylic acids is 1. The van der Waals surface area contributed by atoms with Gasteiger partial charge in [-0.1, -0.05) is 6.92 Å².